The Morgan fingerprint density at radius 1 is 1.29 bits per heavy atom. The molecule has 0 bridgehead atoms. The molecule has 0 aliphatic rings. The number of rotatable bonds is 2. The molecule has 0 saturated heterocycles. The summed E-state index contributed by atoms with van der Waals surface area (Å²) in [5.74, 6) is 0. The molecule has 0 atom stereocenters. The fourth-order valence-corrected chi connectivity index (χ4v) is 1.77. The van der Waals surface area contributed by atoms with E-state index in [4.69, 9.17) is 29.6 Å². The van der Waals surface area contributed by atoms with Gasteiger partial charge in [-0.3, -0.25) is 0 Å². The van der Waals surface area contributed by atoms with Crippen molar-refractivity contribution in [1.82, 2.24) is 14.8 Å². The Bertz CT molecular complexity index is 672. The maximum atomic E-state index is 11.5. The minimum absolute atomic E-state index is 0.0733. The van der Waals surface area contributed by atoms with Crippen LogP contribution in [0.2, 0.25) is 5.02 Å². The summed E-state index contributed by atoms with van der Waals surface area (Å²) in [5, 5.41) is 4.70. The molecule has 17 heavy (non-hydrogen) atoms. The topological polar surface area (TPSA) is 96.7 Å². The van der Waals surface area contributed by atoms with Gasteiger partial charge < -0.3 is 5.73 Å². The number of H-pyrrole nitrogens is 2. The van der Waals surface area contributed by atoms with Crippen LogP contribution < -0.4 is 17.1 Å². The summed E-state index contributed by atoms with van der Waals surface area (Å²) >= 11 is 10.7. The third kappa shape index (κ3) is 2.02. The number of aromatic nitrogens is 3. The van der Waals surface area contributed by atoms with E-state index >= 15 is 0 Å². The number of aromatic amines is 2. The lowest BCUT2D eigenvalue weighted by molar-refractivity contribution is 0.949. The van der Waals surface area contributed by atoms with Crippen LogP contribution >= 0.6 is 23.8 Å². The van der Waals surface area contributed by atoms with E-state index in [1.807, 2.05) is 0 Å². The zero-order valence-corrected chi connectivity index (χ0v) is 9.93. The molecule has 8 heteroatoms. The van der Waals surface area contributed by atoms with E-state index in [1.54, 1.807) is 12.1 Å². The first kappa shape index (κ1) is 11.6. The van der Waals surface area contributed by atoms with E-state index in [9.17, 15) is 9.59 Å². The molecule has 0 unspecified atom stereocenters. The highest BCUT2D eigenvalue weighted by atomic mass is 35.5. The number of benzene rings is 1. The highest BCUT2D eigenvalue weighted by molar-refractivity contribution is 7.80. The number of thiocarbonyl (C=S) groups is 1. The summed E-state index contributed by atoms with van der Waals surface area (Å²) in [6, 6.07) is 4.57. The van der Waals surface area contributed by atoms with E-state index in [0.29, 0.717) is 10.6 Å². The van der Waals surface area contributed by atoms with E-state index in [-0.39, 0.29) is 10.7 Å². The van der Waals surface area contributed by atoms with Crippen molar-refractivity contribution >= 4 is 28.8 Å². The van der Waals surface area contributed by atoms with Gasteiger partial charge in [0.2, 0.25) is 0 Å². The van der Waals surface area contributed by atoms with Gasteiger partial charge >= 0.3 is 11.4 Å². The van der Waals surface area contributed by atoms with Crippen molar-refractivity contribution in [2.75, 3.05) is 0 Å². The Kier molecular flexibility index (Phi) is 2.86. The van der Waals surface area contributed by atoms with Crippen LogP contribution in [0.4, 0.5) is 0 Å². The minimum atomic E-state index is -0.616. The minimum Gasteiger partial charge on any atom is -0.389 e. The van der Waals surface area contributed by atoms with Crippen LogP contribution in [-0.2, 0) is 0 Å². The summed E-state index contributed by atoms with van der Waals surface area (Å²) in [7, 11) is 0. The van der Waals surface area contributed by atoms with Crippen molar-refractivity contribution < 1.29 is 0 Å². The number of nitrogens with one attached hydrogen (secondary N) is 2. The average molecular weight is 271 g/mol. The van der Waals surface area contributed by atoms with Crippen molar-refractivity contribution in [3.63, 3.8) is 0 Å². The van der Waals surface area contributed by atoms with E-state index in [1.165, 1.54) is 6.07 Å². The van der Waals surface area contributed by atoms with Gasteiger partial charge in [0.15, 0.2) is 0 Å². The van der Waals surface area contributed by atoms with Gasteiger partial charge in [0.25, 0.3) is 0 Å². The molecule has 88 valence electrons. The Morgan fingerprint density at radius 3 is 2.41 bits per heavy atom. The second-order valence-electron chi connectivity index (χ2n) is 3.22. The van der Waals surface area contributed by atoms with E-state index < -0.39 is 11.4 Å². The number of hydrogen-bond acceptors (Lipinski definition) is 3. The first-order valence-electron chi connectivity index (χ1n) is 4.50. The van der Waals surface area contributed by atoms with Crippen LogP contribution in [0.3, 0.4) is 0 Å². The highest BCUT2D eigenvalue weighted by Gasteiger charge is 2.13. The molecule has 0 saturated carbocycles. The molecule has 0 aliphatic carbocycles. The zero-order valence-electron chi connectivity index (χ0n) is 8.36. The molecule has 0 spiro atoms. The maximum Gasteiger partial charge on any atom is 0.349 e. The molecule has 0 fully saturated rings. The molecule has 1 aromatic carbocycles. The predicted molar refractivity (Wildman–Crippen MR) is 67.9 cm³/mol. The summed E-state index contributed by atoms with van der Waals surface area (Å²) < 4.78 is 0.875. The van der Waals surface area contributed by atoms with Crippen LogP contribution in [0.25, 0.3) is 5.69 Å². The summed E-state index contributed by atoms with van der Waals surface area (Å²) in [6.07, 6.45) is 0. The van der Waals surface area contributed by atoms with Crippen molar-refractivity contribution in [2.24, 2.45) is 5.73 Å². The zero-order chi connectivity index (χ0) is 12.6. The average Bonchev–Trinajstić information content (AvgIpc) is 2.58. The van der Waals surface area contributed by atoms with Crippen LogP contribution in [-0.4, -0.2) is 19.8 Å². The van der Waals surface area contributed by atoms with Gasteiger partial charge in [0, 0.05) is 10.6 Å². The SMILES string of the molecule is NC(=S)c1ccc(Cl)cc1-n1c(=O)[nH][nH]c1=O. The van der Waals surface area contributed by atoms with E-state index in [0.717, 1.165) is 4.57 Å². The van der Waals surface area contributed by atoms with Gasteiger partial charge in [0.05, 0.1) is 5.69 Å². The number of nitrogens with zero attached hydrogens (tertiary/aromatic N) is 1. The number of halogens is 1. The monoisotopic (exact) mass is 270 g/mol. The fourth-order valence-electron chi connectivity index (χ4n) is 1.43. The molecule has 2 rings (SSSR count). The lowest BCUT2D eigenvalue weighted by Gasteiger charge is -2.07. The first-order chi connectivity index (χ1) is 8.00. The van der Waals surface area contributed by atoms with Crippen LogP contribution in [0, 0.1) is 0 Å². The number of hydrogen-bond donors (Lipinski definition) is 3. The standard InChI is InChI=1S/C9H7ClN4O2S/c10-4-1-2-5(7(11)17)6(3-4)14-8(15)12-13-9(14)16/h1-3H,(H2,11,17)(H,12,15)(H,13,16). The molecule has 0 aliphatic heterocycles. The van der Waals surface area contributed by atoms with E-state index in [2.05, 4.69) is 10.2 Å². The molecule has 4 N–H and O–H groups in total. The van der Waals surface area contributed by atoms with Crippen molar-refractivity contribution in [1.29, 1.82) is 0 Å². The lowest BCUT2D eigenvalue weighted by atomic mass is 10.2. The molecule has 1 heterocycles. The second kappa shape index (κ2) is 4.19. The largest absolute Gasteiger partial charge is 0.389 e. The van der Waals surface area contributed by atoms with Gasteiger partial charge in [-0.15, -0.1) is 0 Å². The molecule has 0 radical (unpaired) electrons. The van der Waals surface area contributed by atoms with Crippen molar-refractivity contribution in [3.05, 3.63) is 49.8 Å². The van der Waals surface area contributed by atoms with Gasteiger partial charge in [-0.2, -0.15) is 0 Å². The Morgan fingerprint density at radius 2 is 1.88 bits per heavy atom. The third-order valence-electron chi connectivity index (χ3n) is 2.15. The summed E-state index contributed by atoms with van der Waals surface area (Å²) in [4.78, 5) is 23.0. The van der Waals surface area contributed by atoms with Crippen LogP contribution in [0.5, 0.6) is 0 Å². The Balaban J connectivity index is 2.83. The summed E-state index contributed by atoms with van der Waals surface area (Å²) in [5.41, 5.74) is 4.94. The molecule has 0 amide bonds. The van der Waals surface area contributed by atoms with Crippen molar-refractivity contribution in [3.8, 4) is 5.69 Å². The van der Waals surface area contributed by atoms with Gasteiger partial charge in [-0.1, -0.05) is 23.8 Å². The second-order valence-corrected chi connectivity index (χ2v) is 4.10. The number of nitrogens with two attached hydrogens (primary N) is 1. The molecular weight excluding hydrogens is 264 g/mol. The van der Waals surface area contributed by atoms with Gasteiger partial charge in [-0.25, -0.2) is 24.4 Å². The van der Waals surface area contributed by atoms with Crippen molar-refractivity contribution in [2.45, 2.75) is 0 Å². The quantitative estimate of drug-likeness (QED) is 0.677. The summed E-state index contributed by atoms with van der Waals surface area (Å²) in [6.45, 7) is 0. The first-order valence-corrected chi connectivity index (χ1v) is 5.29. The van der Waals surface area contributed by atoms with Gasteiger partial charge in [-0.05, 0) is 18.2 Å². The third-order valence-corrected chi connectivity index (χ3v) is 2.60. The van der Waals surface area contributed by atoms with Crippen LogP contribution in [0.15, 0.2) is 27.8 Å². The maximum absolute atomic E-state index is 11.5. The Labute approximate surface area is 105 Å². The normalized spacial score (nSPS) is 10.4. The van der Waals surface area contributed by atoms with Crippen LogP contribution in [0.1, 0.15) is 5.56 Å². The fraction of sp³-hybridized carbons (Fsp3) is 0. The smallest absolute Gasteiger partial charge is 0.349 e. The lowest BCUT2D eigenvalue weighted by Crippen LogP contribution is -2.27. The molecule has 2 aromatic rings. The highest BCUT2D eigenvalue weighted by Crippen LogP contribution is 2.17. The molecule has 1 aromatic heterocycles. The molecule has 6 nitrogen and oxygen atoms in total. The predicted octanol–water partition coefficient (Wildman–Crippen LogP) is 0.142. The Hall–Kier alpha value is -1.86. The molecular formula is C9H7ClN4O2S. The van der Waals surface area contributed by atoms with Gasteiger partial charge in [0.1, 0.15) is 4.99 Å².